The number of ether oxygens (including phenoxy) is 3. The molecule has 0 radical (unpaired) electrons. The minimum atomic E-state index is -4.75. The Labute approximate surface area is 191 Å². The fourth-order valence-corrected chi connectivity index (χ4v) is 3.56. The summed E-state index contributed by atoms with van der Waals surface area (Å²) in [6.45, 7) is 3.86. The zero-order valence-electron chi connectivity index (χ0n) is 18.4. The third kappa shape index (κ3) is 5.47. The minimum Gasteiger partial charge on any atom is -0.429 e. The molecule has 34 heavy (non-hydrogen) atoms. The third-order valence-corrected chi connectivity index (χ3v) is 5.52. The number of benzene rings is 2. The second-order valence-corrected chi connectivity index (χ2v) is 8.56. The molecule has 0 aliphatic carbocycles. The van der Waals surface area contributed by atoms with Gasteiger partial charge in [-0.2, -0.15) is 8.78 Å². The highest BCUT2D eigenvalue weighted by Crippen LogP contribution is 2.41. The molecule has 3 rings (SSSR count). The van der Waals surface area contributed by atoms with Gasteiger partial charge in [-0.3, -0.25) is 0 Å². The van der Waals surface area contributed by atoms with Crippen molar-refractivity contribution in [2.24, 2.45) is 5.41 Å². The summed E-state index contributed by atoms with van der Waals surface area (Å²) in [6.07, 6.45) is -1.19. The summed E-state index contributed by atoms with van der Waals surface area (Å²) in [5.41, 5.74) is -2.97. The maximum atomic E-state index is 14.6. The molecule has 1 fully saturated rings. The molecule has 0 spiro atoms. The number of alkyl halides is 2. The highest BCUT2D eigenvalue weighted by molar-refractivity contribution is 5.32. The summed E-state index contributed by atoms with van der Waals surface area (Å²) >= 11 is 0. The van der Waals surface area contributed by atoms with Crippen LogP contribution < -0.4 is 4.74 Å². The maximum Gasteiger partial charge on any atom is 0.432 e. The summed E-state index contributed by atoms with van der Waals surface area (Å²) in [5.74, 6) is -13.1. The molecule has 1 N–H and O–H groups in total. The second kappa shape index (κ2) is 9.71. The predicted molar refractivity (Wildman–Crippen MR) is 105 cm³/mol. The van der Waals surface area contributed by atoms with Crippen LogP contribution in [0.5, 0.6) is 5.75 Å². The second-order valence-electron chi connectivity index (χ2n) is 8.56. The Morgan fingerprint density at radius 1 is 0.912 bits per heavy atom. The van der Waals surface area contributed by atoms with Gasteiger partial charge >= 0.3 is 12.1 Å². The van der Waals surface area contributed by atoms with Crippen LogP contribution in [0.4, 0.5) is 30.7 Å². The molecule has 0 aromatic heterocycles. The Bertz CT molecular complexity index is 990. The highest BCUT2D eigenvalue weighted by Gasteiger charge is 2.46. The van der Waals surface area contributed by atoms with Crippen LogP contribution in [-0.2, 0) is 21.6 Å². The fraction of sp³-hybridized carbons (Fsp3) is 0.478. The van der Waals surface area contributed by atoms with E-state index in [1.807, 2.05) is 13.8 Å². The summed E-state index contributed by atoms with van der Waals surface area (Å²) in [7, 11) is 0. The van der Waals surface area contributed by atoms with Crippen molar-refractivity contribution in [3.63, 3.8) is 0 Å². The van der Waals surface area contributed by atoms with E-state index in [-0.39, 0.29) is 25.3 Å². The van der Waals surface area contributed by atoms with Crippen LogP contribution in [0.15, 0.2) is 24.3 Å². The summed E-state index contributed by atoms with van der Waals surface area (Å²) in [4.78, 5) is 0. The maximum absolute atomic E-state index is 14.6. The Hall–Kier alpha value is -2.37. The van der Waals surface area contributed by atoms with Crippen LogP contribution in [0.3, 0.4) is 0 Å². The van der Waals surface area contributed by atoms with Crippen LogP contribution in [0.1, 0.15) is 50.7 Å². The van der Waals surface area contributed by atoms with E-state index in [1.54, 1.807) is 0 Å². The SMILES string of the molecule is CCCCCC1(C)COC(O)(c2cc(F)c(C(F)(F)Oc3cc(F)c(F)c(F)c3)c(F)c2)OC1. The molecule has 0 saturated carbocycles. The Kier molecular flexibility index (Phi) is 7.49. The zero-order valence-corrected chi connectivity index (χ0v) is 18.4. The van der Waals surface area contributed by atoms with Gasteiger partial charge in [-0.05, 0) is 18.6 Å². The number of rotatable bonds is 8. The molecule has 0 atom stereocenters. The van der Waals surface area contributed by atoms with Crippen molar-refractivity contribution in [3.05, 3.63) is 64.5 Å². The molecule has 11 heteroatoms. The minimum absolute atomic E-state index is 0.0147. The lowest BCUT2D eigenvalue weighted by atomic mass is 9.85. The summed E-state index contributed by atoms with van der Waals surface area (Å²) < 4.78 is 112. The van der Waals surface area contributed by atoms with E-state index >= 15 is 0 Å². The van der Waals surface area contributed by atoms with Crippen molar-refractivity contribution in [1.29, 1.82) is 0 Å². The van der Waals surface area contributed by atoms with Gasteiger partial charge in [0.05, 0.1) is 13.2 Å². The van der Waals surface area contributed by atoms with Crippen LogP contribution in [-0.4, -0.2) is 18.3 Å². The van der Waals surface area contributed by atoms with Crippen molar-refractivity contribution in [2.75, 3.05) is 13.2 Å². The normalized spacial score (nSPS) is 23.2. The molecule has 188 valence electrons. The van der Waals surface area contributed by atoms with Crippen LogP contribution >= 0.6 is 0 Å². The van der Waals surface area contributed by atoms with E-state index in [9.17, 15) is 35.8 Å². The van der Waals surface area contributed by atoms with Crippen LogP contribution in [0, 0.1) is 34.5 Å². The van der Waals surface area contributed by atoms with Gasteiger partial charge < -0.3 is 19.3 Å². The van der Waals surface area contributed by atoms with E-state index in [4.69, 9.17) is 9.47 Å². The van der Waals surface area contributed by atoms with Crippen molar-refractivity contribution in [3.8, 4) is 5.75 Å². The van der Waals surface area contributed by atoms with Gasteiger partial charge in [-0.15, -0.1) is 0 Å². The topological polar surface area (TPSA) is 47.9 Å². The van der Waals surface area contributed by atoms with Gasteiger partial charge in [-0.1, -0.05) is 33.1 Å². The van der Waals surface area contributed by atoms with E-state index in [2.05, 4.69) is 4.74 Å². The smallest absolute Gasteiger partial charge is 0.429 e. The molecular weight excluding hydrogens is 473 g/mol. The lowest BCUT2D eigenvalue weighted by Gasteiger charge is -2.42. The average Bonchev–Trinajstić information content (AvgIpc) is 2.73. The molecule has 0 amide bonds. The molecular formula is C23H23F7O4. The monoisotopic (exact) mass is 496 g/mol. The first-order valence-electron chi connectivity index (χ1n) is 10.5. The fourth-order valence-electron chi connectivity index (χ4n) is 3.56. The average molecular weight is 496 g/mol. The van der Waals surface area contributed by atoms with E-state index < -0.39 is 63.5 Å². The van der Waals surface area contributed by atoms with Gasteiger partial charge in [-0.25, -0.2) is 22.0 Å². The molecule has 2 aromatic carbocycles. The number of halogens is 7. The molecule has 0 unspecified atom stereocenters. The van der Waals surface area contributed by atoms with Crippen molar-refractivity contribution in [2.45, 2.75) is 51.6 Å². The first kappa shape index (κ1) is 26.2. The molecule has 1 aliphatic rings. The van der Waals surface area contributed by atoms with Crippen molar-refractivity contribution in [1.82, 2.24) is 0 Å². The molecule has 4 nitrogen and oxygen atoms in total. The standard InChI is InChI=1S/C23H23F7O4/c1-3-4-5-6-21(2)11-32-23(31,33-12-21)13-7-15(24)19(16(25)8-13)22(29,30)34-14-9-17(26)20(28)18(27)10-14/h7-10,31H,3-6,11-12H2,1-2H3. The van der Waals surface area contributed by atoms with E-state index in [1.165, 1.54) is 0 Å². The number of unbranched alkanes of at least 4 members (excludes halogenated alkanes) is 2. The largest absolute Gasteiger partial charge is 0.432 e. The number of aliphatic hydroxyl groups is 1. The molecule has 1 aliphatic heterocycles. The van der Waals surface area contributed by atoms with Crippen LogP contribution in [0.25, 0.3) is 0 Å². The lowest BCUT2D eigenvalue weighted by Crippen LogP contribution is -2.47. The number of hydrogen-bond donors (Lipinski definition) is 1. The van der Waals surface area contributed by atoms with Crippen molar-refractivity contribution < 1.29 is 50.1 Å². The summed E-state index contributed by atoms with van der Waals surface area (Å²) in [6, 6.07) is 0.948. The molecule has 1 heterocycles. The Morgan fingerprint density at radius 3 is 1.94 bits per heavy atom. The van der Waals surface area contributed by atoms with Gasteiger partial charge in [0, 0.05) is 23.1 Å². The molecule has 0 bridgehead atoms. The quantitative estimate of drug-likeness (QED) is 0.267. The zero-order chi connectivity index (χ0) is 25.3. The molecule has 1 saturated heterocycles. The first-order chi connectivity index (χ1) is 15.8. The summed E-state index contributed by atoms with van der Waals surface area (Å²) in [5, 5.41) is 10.6. The Balaban J connectivity index is 1.82. The lowest BCUT2D eigenvalue weighted by molar-refractivity contribution is -0.415. The predicted octanol–water partition coefficient (Wildman–Crippen LogP) is 6.25. The van der Waals surface area contributed by atoms with Gasteiger partial charge in [0.25, 0.3) is 0 Å². The third-order valence-electron chi connectivity index (χ3n) is 5.52. The van der Waals surface area contributed by atoms with E-state index in [0.717, 1.165) is 19.3 Å². The van der Waals surface area contributed by atoms with Gasteiger partial charge in [0.1, 0.15) is 22.9 Å². The highest BCUT2D eigenvalue weighted by atomic mass is 19.3. The van der Waals surface area contributed by atoms with Crippen molar-refractivity contribution >= 4 is 0 Å². The van der Waals surface area contributed by atoms with Crippen LogP contribution in [0.2, 0.25) is 0 Å². The number of hydrogen-bond acceptors (Lipinski definition) is 4. The first-order valence-corrected chi connectivity index (χ1v) is 10.5. The Morgan fingerprint density at radius 2 is 1.44 bits per heavy atom. The van der Waals surface area contributed by atoms with E-state index in [0.29, 0.717) is 18.6 Å². The van der Waals surface area contributed by atoms with Gasteiger partial charge in [0.2, 0.25) is 0 Å². The van der Waals surface area contributed by atoms with Gasteiger partial charge in [0.15, 0.2) is 17.5 Å². The molecule has 2 aromatic rings.